The molecule has 0 bridgehead atoms. The number of sulfonamides is 1. The molecule has 0 aromatic carbocycles. The molecule has 1 fully saturated rings. The van der Waals surface area contributed by atoms with E-state index in [4.69, 9.17) is 4.74 Å². The van der Waals surface area contributed by atoms with Gasteiger partial charge in [-0.25, -0.2) is 27.6 Å². The van der Waals surface area contributed by atoms with Crippen LogP contribution in [0.1, 0.15) is 39.5 Å². The first-order valence-corrected chi connectivity index (χ1v) is 9.67. The van der Waals surface area contributed by atoms with E-state index in [0.29, 0.717) is 13.2 Å². The Labute approximate surface area is 141 Å². The van der Waals surface area contributed by atoms with Gasteiger partial charge in [-0.05, 0) is 26.7 Å². The monoisotopic (exact) mass is 357 g/mol. The SMILES string of the molecule is CC1CCCC(C)N1NC(=O)NS(=O)(=O)c1cnn2c1OCCC2. The maximum atomic E-state index is 12.5. The summed E-state index contributed by atoms with van der Waals surface area (Å²) < 4.78 is 33.8. The number of rotatable bonds is 3. The molecular weight excluding hydrogens is 334 g/mol. The van der Waals surface area contributed by atoms with Gasteiger partial charge in [0.1, 0.15) is 0 Å². The topological polar surface area (TPSA) is 106 Å². The van der Waals surface area contributed by atoms with Crippen LogP contribution in [0.2, 0.25) is 0 Å². The lowest BCUT2D eigenvalue weighted by molar-refractivity contribution is 0.0607. The number of aryl methyl sites for hydroxylation is 1. The lowest BCUT2D eigenvalue weighted by Gasteiger charge is -2.38. The number of aromatic nitrogens is 2. The number of urea groups is 1. The molecule has 3 rings (SSSR count). The Morgan fingerprint density at radius 1 is 1.29 bits per heavy atom. The number of carbonyl (C=O) groups excluding carboxylic acids is 1. The molecule has 2 unspecified atom stereocenters. The molecule has 0 radical (unpaired) electrons. The Hall–Kier alpha value is -1.81. The molecule has 9 nitrogen and oxygen atoms in total. The summed E-state index contributed by atoms with van der Waals surface area (Å²) in [6, 6.07) is -0.449. The van der Waals surface area contributed by atoms with E-state index in [1.54, 1.807) is 5.01 Å². The Morgan fingerprint density at radius 3 is 2.71 bits per heavy atom. The van der Waals surface area contributed by atoms with Crippen LogP contribution in [-0.4, -0.2) is 47.9 Å². The lowest BCUT2D eigenvalue weighted by atomic mass is 10.00. The van der Waals surface area contributed by atoms with Crippen molar-refractivity contribution in [2.24, 2.45) is 0 Å². The van der Waals surface area contributed by atoms with E-state index in [0.717, 1.165) is 25.7 Å². The van der Waals surface area contributed by atoms with Crippen molar-refractivity contribution in [3.8, 4) is 5.88 Å². The minimum atomic E-state index is -4.04. The van der Waals surface area contributed by atoms with Crippen LogP contribution in [0.4, 0.5) is 4.79 Å². The van der Waals surface area contributed by atoms with Crippen molar-refractivity contribution in [2.45, 2.75) is 63.1 Å². The van der Waals surface area contributed by atoms with Crippen LogP contribution in [0.15, 0.2) is 11.1 Å². The molecule has 0 aliphatic carbocycles. The van der Waals surface area contributed by atoms with E-state index >= 15 is 0 Å². The van der Waals surface area contributed by atoms with Gasteiger partial charge < -0.3 is 4.74 Å². The molecule has 1 aromatic heterocycles. The second kappa shape index (κ2) is 6.60. The molecular formula is C14H23N5O4S. The normalized spacial score (nSPS) is 24.8. The van der Waals surface area contributed by atoms with E-state index < -0.39 is 16.1 Å². The molecule has 3 heterocycles. The standard InChI is InChI=1S/C14H23N5O4S/c1-10-5-3-6-11(2)19(10)16-14(20)17-24(21,22)12-9-15-18-7-4-8-23-13(12)18/h9-11H,3-8H2,1-2H3,(H2,16,17,20). The molecule has 2 N–H and O–H groups in total. The van der Waals surface area contributed by atoms with Crippen molar-refractivity contribution in [1.82, 2.24) is 24.9 Å². The van der Waals surface area contributed by atoms with Gasteiger partial charge in [0.15, 0.2) is 4.90 Å². The van der Waals surface area contributed by atoms with E-state index in [1.807, 2.05) is 18.6 Å². The second-order valence-electron chi connectivity index (χ2n) is 6.32. The van der Waals surface area contributed by atoms with Gasteiger partial charge in [-0.2, -0.15) is 5.10 Å². The zero-order valence-corrected chi connectivity index (χ0v) is 14.7. The fourth-order valence-corrected chi connectivity index (χ4v) is 4.17. The number of nitrogens with zero attached hydrogens (tertiary/aromatic N) is 3. The van der Waals surface area contributed by atoms with Crippen molar-refractivity contribution < 1.29 is 17.9 Å². The summed E-state index contributed by atoms with van der Waals surface area (Å²) in [6.07, 6.45) is 5.00. The third-order valence-electron chi connectivity index (χ3n) is 4.45. The van der Waals surface area contributed by atoms with Gasteiger partial charge >= 0.3 is 6.03 Å². The van der Waals surface area contributed by atoms with E-state index in [2.05, 4.69) is 10.5 Å². The second-order valence-corrected chi connectivity index (χ2v) is 7.97. The van der Waals surface area contributed by atoms with Crippen LogP contribution in [-0.2, 0) is 16.6 Å². The first kappa shape index (κ1) is 17.0. The van der Waals surface area contributed by atoms with Crippen molar-refractivity contribution in [3.63, 3.8) is 0 Å². The summed E-state index contributed by atoms with van der Waals surface area (Å²) in [5, 5.41) is 5.80. The number of hydrogen-bond acceptors (Lipinski definition) is 6. The van der Waals surface area contributed by atoms with Gasteiger partial charge in [-0.1, -0.05) is 6.42 Å². The quantitative estimate of drug-likeness (QED) is 0.830. The maximum absolute atomic E-state index is 12.5. The smallest absolute Gasteiger partial charge is 0.343 e. The molecule has 2 atom stereocenters. The Morgan fingerprint density at radius 2 is 2.00 bits per heavy atom. The molecule has 1 aromatic rings. The molecule has 24 heavy (non-hydrogen) atoms. The molecule has 2 amide bonds. The Bertz CT molecular complexity index is 707. The maximum Gasteiger partial charge on any atom is 0.343 e. The van der Waals surface area contributed by atoms with E-state index in [9.17, 15) is 13.2 Å². The van der Waals surface area contributed by atoms with Gasteiger partial charge in [-0.3, -0.25) is 5.43 Å². The molecule has 2 aliphatic rings. The number of hydrogen-bond donors (Lipinski definition) is 2. The van der Waals surface area contributed by atoms with Crippen molar-refractivity contribution >= 4 is 16.1 Å². The van der Waals surface area contributed by atoms with Gasteiger partial charge in [0.05, 0.1) is 12.8 Å². The van der Waals surface area contributed by atoms with Gasteiger partial charge in [0.2, 0.25) is 5.88 Å². The lowest BCUT2D eigenvalue weighted by Crippen LogP contribution is -2.57. The molecule has 0 saturated carbocycles. The van der Waals surface area contributed by atoms with Gasteiger partial charge in [0.25, 0.3) is 10.0 Å². The number of piperidine rings is 1. The highest BCUT2D eigenvalue weighted by atomic mass is 32.2. The summed E-state index contributed by atoms with van der Waals surface area (Å²) in [4.78, 5) is 12.1. The van der Waals surface area contributed by atoms with E-state index in [1.165, 1.54) is 10.9 Å². The van der Waals surface area contributed by atoms with Crippen LogP contribution in [0.25, 0.3) is 0 Å². The first-order valence-electron chi connectivity index (χ1n) is 8.19. The zero-order valence-electron chi connectivity index (χ0n) is 13.9. The van der Waals surface area contributed by atoms with Crippen molar-refractivity contribution in [2.75, 3.05) is 6.61 Å². The third-order valence-corrected chi connectivity index (χ3v) is 5.77. The van der Waals surface area contributed by atoms with Gasteiger partial charge in [-0.15, -0.1) is 0 Å². The van der Waals surface area contributed by atoms with Crippen LogP contribution in [0.3, 0.4) is 0 Å². The molecule has 1 saturated heterocycles. The average Bonchev–Trinajstić information content (AvgIpc) is 2.95. The fourth-order valence-electron chi connectivity index (χ4n) is 3.19. The predicted molar refractivity (Wildman–Crippen MR) is 85.8 cm³/mol. The number of hydrazine groups is 1. The first-order chi connectivity index (χ1) is 11.4. The summed E-state index contributed by atoms with van der Waals surface area (Å²) in [7, 11) is -4.04. The molecule has 134 valence electrons. The minimum Gasteiger partial charge on any atom is -0.477 e. The highest BCUT2D eigenvalue weighted by molar-refractivity contribution is 7.90. The molecule has 2 aliphatic heterocycles. The number of carbonyl (C=O) groups is 1. The predicted octanol–water partition coefficient (Wildman–Crippen LogP) is 0.831. The average molecular weight is 357 g/mol. The number of ether oxygens (including phenoxy) is 1. The summed E-state index contributed by atoms with van der Waals surface area (Å²) in [6.45, 7) is 5.04. The van der Waals surface area contributed by atoms with Crippen LogP contribution >= 0.6 is 0 Å². The molecule has 10 heteroatoms. The fraction of sp³-hybridized carbons (Fsp3) is 0.714. The highest BCUT2D eigenvalue weighted by Crippen LogP contribution is 2.26. The zero-order chi connectivity index (χ0) is 17.3. The van der Waals surface area contributed by atoms with Crippen molar-refractivity contribution in [1.29, 1.82) is 0 Å². The summed E-state index contributed by atoms with van der Waals surface area (Å²) in [5.41, 5.74) is 2.65. The summed E-state index contributed by atoms with van der Waals surface area (Å²) in [5.74, 6) is 0.182. The van der Waals surface area contributed by atoms with Crippen LogP contribution in [0.5, 0.6) is 5.88 Å². The van der Waals surface area contributed by atoms with Crippen LogP contribution in [0, 0.1) is 0 Å². The largest absolute Gasteiger partial charge is 0.477 e. The molecule has 0 spiro atoms. The Balaban J connectivity index is 1.70. The number of fused-ring (bicyclic) bond motifs is 1. The van der Waals surface area contributed by atoms with E-state index in [-0.39, 0.29) is 22.9 Å². The van der Waals surface area contributed by atoms with Crippen LogP contribution < -0.4 is 14.9 Å². The minimum absolute atomic E-state index is 0.114. The summed E-state index contributed by atoms with van der Waals surface area (Å²) >= 11 is 0. The number of nitrogens with one attached hydrogen (secondary N) is 2. The number of amides is 2. The van der Waals surface area contributed by atoms with Gasteiger partial charge in [0, 0.05) is 25.0 Å². The highest BCUT2D eigenvalue weighted by Gasteiger charge is 2.31. The Kier molecular flexibility index (Phi) is 4.68. The third kappa shape index (κ3) is 3.34. The van der Waals surface area contributed by atoms with Crippen molar-refractivity contribution in [3.05, 3.63) is 6.20 Å².